The maximum Gasteiger partial charge on any atom is 0.261 e. The van der Waals surface area contributed by atoms with Crippen molar-refractivity contribution in [1.29, 1.82) is 0 Å². The van der Waals surface area contributed by atoms with Gasteiger partial charge in [0.2, 0.25) is 0 Å². The highest BCUT2D eigenvalue weighted by molar-refractivity contribution is 7.20. The van der Waals surface area contributed by atoms with Gasteiger partial charge < -0.3 is 10.2 Å². The zero-order valence-electron chi connectivity index (χ0n) is 13.8. The van der Waals surface area contributed by atoms with Gasteiger partial charge in [0, 0.05) is 27.7 Å². The number of amides is 1. The summed E-state index contributed by atoms with van der Waals surface area (Å²) in [5.74, 6) is 0.640. The second-order valence-electron chi connectivity index (χ2n) is 6.97. The number of halogens is 1. The van der Waals surface area contributed by atoms with Crippen LogP contribution >= 0.6 is 22.9 Å². The van der Waals surface area contributed by atoms with Gasteiger partial charge in [0.25, 0.3) is 5.91 Å². The normalized spacial score (nSPS) is 24.7. The number of nitrogens with one attached hydrogen (secondary N) is 1. The highest BCUT2D eigenvalue weighted by Gasteiger charge is 2.33. The second-order valence-corrected chi connectivity index (χ2v) is 8.46. The van der Waals surface area contributed by atoms with E-state index in [-0.39, 0.29) is 5.91 Å². The summed E-state index contributed by atoms with van der Waals surface area (Å²) in [6.45, 7) is 3.27. The molecule has 3 nitrogen and oxygen atoms in total. The smallest absolute Gasteiger partial charge is 0.261 e. The van der Waals surface area contributed by atoms with Crippen molar-refractivity contribution < 1.29 is 4.79 Å². The van der Waals surface area contributed by atoms with Gasteiger partial charge in [-0.3, -0.25) is 4.79 Å². The predicted molar refractivity (Wildman–Crippen MR) is 101 cm³/mol. The molecular weight excluding hydrogens is 340 g/mol. The summed E-state index contributed by atoms with van der Waals surface area (Å²) < 4.78 is 1.07. The molecule has 0 radical (unpaired) electrons. The van der Waals surface area contributed by atoms with Crippen LogP contribution in [0.1, 0.15) is 41.8 Å². The molecule has 0 bridgehead atoms. The van der Waals surface area contributed by atoms with E-state index in [4.69, 9.17) is 11.6 Å². The van der Waals surface area contributed by atoms with E-state index < -0.39 is 0 Å². The van der Waals surface area contributed by atoms with Crippen molar-refractivity contribution in [2.45, 2.75) is 38.1 Å². The van der Waals surface area contributed by atoms with Crippen LogP contribution in [0, 0.1) is 5.92 Å². The molecule has 0 spiro atoms. The standard InChI is InChI=1S/C19H23ClN2OS/c20-15-6-3-8-17-14(15)11-18(24-17)19(23)21-12-13-5-4-10-22-9-2-1-7-16(13)22/h3,6,8,11,13,16H,1-2,4-5,7,9-10,12H2,(H,21,23)/t13-,16-/m1/s1. The van der Waals surface area contributed by atoms with Crippen molar-refractivity contribution in [2.75, 3.05) is 19.6 Å². The lowest BCUT2D eigenvalue weighted by Gasteiger charge is -2.44. The Morgan fingerprint density at radius 3 is 3.00 bits per heavy atom. The van der Waals surface area contributed by atoms with Gasteiger partial charge in [0.05, 0.1) is 4.88 Å². The fourth-order valence-corrected chi connectivity index (χ4v) is 5.55. The second kappa shape index (κ2) is 7.03. The third-order valence-electron chi connectivity index (χ3n) is 5.49. The summed E-state index contributed by atoms with van der Waals surface area (Å²) in [6, 6.07) is 8.42. The Balaban J connectivity index is 1.42. The van der Waals surface area contributed by atoms with E-state index in [1.54, 1.807) is 0 Å². The Labute approximate surface area is 152 Å². The molecule has 1 aromatic heterocycles. The Kier molecular flexibility index (Phi) is 4.79. The van der Waals surface area contributed by atoms with Crippen LogP contribution in [-0.2, 0) is 0 Å². The van der Waals surface area contributed by atoms with Crippen LogP contribution in [0.2, 0.25) is 5.02 Å². The largest absolute Gasteiger partial charge is 0.351 e. The van der Waals surface area contributed by atoms with E-state index in [2.05, 4.69) is 10.2 Å². The lowest BCUT2D eigenvalue weighted by Crippen LogP contribution is -2.50. The van der Waals surface area contributed by atoms with Crippen molar-refractivity contribution in [3.05, 3.63) is 34.2 Å². The molecular formula is C19H23ClN2OS. The molecule has 1 aromatic carbocycles. The van der Waals surface area contributed by atoms with Gasteiger partial charge in [-0.1, -0.05) is 24.1 Å². The molecule has 4 rings (SSSR count). The molecule has 0 aliphatic carbocycles. The van der Waals surface area contributed by atoms with E-state index in [1.807, 2.05) is 24.3 Å². The van der Waals surface area contributed by atoms with Crippen LogP contribution in [-0.4, -0.2) is 36.5 Å². The summed E-state index contributed by atoms with van der Waals surface area (Å²) in [5.41, 5.74) is 0. The van der Waals surface area contributed by atoms with E-state index in [0.717, 1.165) is 21.5 Å². The van der Waals surface area contributed by atoms with Crippen LogP contribution in [0.5, 0.6) is 0 Å². The molecule has 2 aliphatic rings. The molecule has 2 saturated heterocycles. The van der Waals surface area contributed by atoms with E-state index in [0.29, 0.717) is 17.0 Å². The third kappa shape index (κ3) is 3.19. The Morgan fingerprint density at radius 1 is 1.25 bits per heavy atom. The summed E-state index contributed by atoms with van der Waals surface area (Å²) >= 11 is 7.74. The van der Waals surface area contributed by atoms with Crippen LogP contribution in [0.4, 0.5) is 0 Å². The third-order valence-corrected chi connectivity index (χ3v) is 6.91. The summed E-state index contributed by atoms with van der Waals surface area (Å²) in [5, 5.41) is 4.88. The average molecular weight is 363 g/mol. The summed E-state index contributed by atoms with van der Waals surface area (Å²) in [6.07, 6.45) is 6.45. The molecule has 1 amide bonds. The zero-order chi connectivity index (χ0) is 16.5. The number of carbonyl (C=O) groups excluding carboxylic acids is 1. The minimum Gasteiger partial charge on any atom is -0.351 e. The van der Waals surface area contributed by atoms with Gasteiger partial charge >= 0.3 is 0 Å². The minimum atomic E-state index is 0.0419. The van der Waals surface area contributed by atoms with Crippen LogP contribution in [0.25, 0.3) is 10.1 Å². The topological polar surface area (TPSA) is 32.3 Å². The molecule has 0 saturated carbocycles. The molecule has 2 aromatic rings. The number of benzene rings is 1. The Hall–Kier alpha value is -1.10. The molecule has 24 heavy (non-hydrogen) atoms. The molecule has 5 heteroatoms. The van der Waals surface area contributed by atoms with Gasteiger partial charge in [-0.15, -0.1) is 11.3 Å². The average Bonchev–Trinajstić information content (AvgIpc) is 3.05. The van der Waals surface area contributed by atoms with E-state index in [9.17, 15) is 4.79 Å². The van der Waals surface area contributed by atoms with Crippen molar-refractivity contribution in [1.82, 2.24) is 10.2 Å². The first-order valence-electron chi connectivity index (χ1n) is 8.93. The first kappa shape index (κ1) is 16.4. The van der Waals surface area contributed by atoms with Gasteiger partial charge in [0.15, 0.2) is 0 Å². The monoisotopic (exact) mass is 362 g/mol. The lowest BCUT2D eigenvalue weighted by molar-refractivity contribution is 0.0576. The number of rotatable bonds is 3. The number of fused-ring (bicyclic) bond motifs is 2. The van der Waals surface area contributed by atoms with Gasteiger partial charge in [0.1, 0.15) is 0 Å². The fourth-order valence-electron chi connectivity index (χ4n) is 4.26. The van der Waals surface area contributed by atoms with E-state index >= 15 is 0 Å². The predicted octanol–water partition coefficient (Wildman–Crippen LogP) is 4.55. The number of thiophene rings is 1. The maximum absolute atomic E-state index is 12.6. The molecule has 2 aliphatic heterocycles. The number of carbonyl (C=O) groups is 1. The highest BCUT2D eigenvalue weighted by Crippen LogP contribution is 2.32. The quantitative estimate of drug-likeness (QED) is 0.868. The first-order chi connectivity index (χ1) is 11.7. The Bertz CT molecular complexity index is 742. The number of hydrogen-bond donors (Lipinski definition) is 1. The van der Waals surface area contributed by atoms with Crippen molar-refractivity contribution in [3.63, 3.8) is 0 Å². The molecule has 2 fully saturated rings. The molecule has 2 atom stereocenters. The maximum atomic E-state index is 12.6. The molecule has 1 N–H and O–H groups in total. The van der Waals surface area contributed by atoms with E-state index in [1.165, 1.54) is 56.5 Å². The first-order valence-corrected chi connectivity index (χ1v) is 10.1. The van der Waals surface area contributed by atoms with Crippen molar-refractivity contribution >= 4 is 38.9 Å². The molecule has 0 unspecified atom stereocenters. The fraction of sp³-hybridized carbons (Fsp3) is 0.526. The SMILES string of the molecule is O=C(NC[C@H]1CCCN2CCCC[C@H]12)c1cc2c(Cl)cccc2s1. The number of hydrogen-bond acceptors (Lipinski definition) is 3. The summed E-state index contributed by atoms with van der Waals surface area (Å²) in [7, 11) is 0. The lowest BCUT2D eigenvalue weighted by atomic mass is 9.83. The van der Waals surface area contributed by atoms with Crippen molar-refractivity contribution in [3.8, 4) is 0 Å². The van der Waals surface area contributed by atoms with Gasteiger partial charge in [-0.2, -0.15) is 0 Å². The van der Waals surface area contributed by atoms with Crippen LogP contribution in [0.3, 0.4) is 0 Å². The van der Waals surface area contributed by atoms with Gasteiger partial charge in [-0.25, -0.2) is 0 Å². The summed E-state index contributed by atoms with van der Waals surface area (Å²) in [4.78, 5) is 16.0. The number of piperidine rings is 2. The highest BCUT2D eigenvalue weighted by atomic mass is 35.5. The van der Waals surface area contributed by atoms with Crippen LogP contribution in [0.15, 0.2) is 24.3 Å². The van der Waals surface area contributed by atoms with Crippen molar-refractivity contribution in [2.24, 2.45) is 5.92 Å². The minimum absolute atomic E-state index is 0.0419. The van der Waals surface area contributed by atoms with Crippen LogP contribution < -0.4 is 5.32 Å². The Morgan fingerprint density at radius 2 is 2.12 bits per heavy atom. The number of nitrogens with zero attached hydrogens (tertiary/aromatic N) is 1. The molecule has 3 heterocycles. The van der Waals surface area contributed by atoms with Gasteiger partial charge in [-0.05, 0) is 62.9 Å². The molecule has 128 valence electrons. The zero-order valence-corrected chi connectivity index (χ0v) is 15.3.